The highest BCUT2D eigenvalue weighted by molar-refractivity contribution is 7.98. The summed E-state index contributed by atoms with van der Waals surface area (Å²) in [7, 11) is 1.58. The largest absolute Gasteiger partial charge is 0.222 e. The second-order valence-electron chi connectivity index (χ2n) is 0.213. The molecule has 0 aliphatic heterocycles. The first-order valence-corrected chi connectivity index (χ1v) is 2.62. The van der Waals surface area contributed by atoms with Crippen molar-refractivity contribution in [2.24, 2.45) is 0 Å². The van der Waals surface area contributed by atoms with Gasteiger partial charge in [-0.3, -0.25) is 0 Å². The molecule has 0 aromatic heterocycles. The second kappa shape index (κ2) is 4.53. The Hall–Kier alpha value is 0.530. The van der Waals surface area contributed by atoms with Crippen LogP contribution < -0.4 is 0 Å². The van der Waals surface area contributed by atoms with Crippen molar-refractivity contribution in [3.63, 3.8) is 0 Å². The zero-order chi connectivity index (χ0) is 3.58. The zero-order valence-electron chi connectivity index (χ0n) is 2.05. The van der Waals surface area contributed by atoms with E-state index in [2.05, 4.69) is 10.7 Å². The van der Waals surface area contributed by atoms with Crippen LogP contribution in [0.4, 0.5) is 0 Å². The number of hydrogen-bond donors (Lipinski definition) is 1. The fourth-order valence-electron chi connectivity index (χ4n) is 0. The molecule has 2 nitrogen and oxygen atoms in total. The van der Waals surface area contributed by atoms with E-state index < -0.39 is 9.92 Å². The predicted molar refractivity (Wildman–Crippen MR) is 23.4 cm³/mol. The van der Waals surface area contributed by atoms with Gasteiger partial charge in [0.2, 0.25) is 9.92 Å². The van der Waals surface area contributed by atoms with Crippen molar-refractivity contribution in [3.05, 3.63) is 0 Å². The maximum atomic E-state index is 8.80. The van der Waals surface area contributed by atoms with Gasteiger partial charge < -0.3 is 0 Å². The van der Waals surface area contributed by atoms with Crippen molar-refractivity contribution in [1.29, 1.82) is 0 Å². The fraction of sp³-hybridized carbons (Fsp3) is 0. The van der Waals surface area contributed by atoms with Crippen LogP contribution in [0.1, 0.15) is 0 Å². The van der Waals surface area contributed by atoms with Gasteiger partial charge in [-0.25, -0.2) is 8.42 Å². The highest BCUT2D eigenvalue weighted by Gasteiger charge is 1.49. The quantitative estimate of drug-likeness (QED) is 0.381. The summed E-state index contributed by atoms with van der Waals surface area (Å²) in [6.45, 7) is 0. The van der Waals surface area contributed by atoms with Crippen LogP contribution in [0.5, 0.6) is 0 Å². The Labute approximate surface area is 42.0 Å². The molecule has 0 unspecified atom stereocenters. The highest BCUT2D eigenvalue weighted by atomic mass is 35.7. The number of halogens is 2. The van der Waals surface area contributed by atoms with Crippen molar-refractivity contribution in [2.75, 3.05) is 0 Å². The smallest absolute Gasteiger partial charge is 0.215 e. The third kappa shape index (κ3) is 103. The van der Waals surface area contributed by atoms with Crippen LogP contribution in [0.3, 0.4) is 0 Å². The summed E-state index contributed by atoms with van der Waals surface area (Å²) in [6.07, 6.45) is 0. The average Bonchev–Trinajstić information content (AvgIpc) is 0.811. The lowest BCUT2D eigenvalue weighted by atomic mass is 15.9. The summed E-state index contributed by atoms with van der Waals surface area (Å²) in [5.41, 5.74) is 0. The number of thiol groups is 1. The minimum Gasteiger partial charge on any atom is -0.215 e. The number of hydrogen-bond acceptors (Lipinski definition) is 2. The lowest BCUT2D eigenvalue weighted by Gasteiger charge is -1.37. The normalized spacial score (nSPS) is 6.80. The third-order valence-corrected chi connectivity index (χ3v) is 0. The Morgan fingerprint density at radius 1 is 1.40 bits per heavy atom. The molecule has 0 aliphatic carbocycles. The van der Waals surface area contributed by atoms with Crippen LogP contribution >= 0.6 is 23.1 Å². The van der Waals surface area contributed by atoms with Crippen molar-refractivity contribution in [1.82, 2.24) is 0 Å². The molecular formula is H2Cl2O2S. The summed E-state index contributed by atoms with van der Waals surface area (Å²) >= 11 is 0. The molecule has 0 fully saturated rings. The van der Waals surface area contributed by atoms with Crippen LogP contribution in [-0.4, -0.2) is 8.42 Å². The Kier molecular flexibility index (Phi) is 8.25. The van der Waals surface area contributed by atoms with E-state index in [0.717, 1.165) is 0 Å². The minimum absolute atomic E-state index is 0. The van der Waals surface area contributed by atoms with E-state index in [-0.39, 0.29) is 12.4 Å². The maximum absolute atomic E-state index is 8.80. The second-order valence-corrected chi connectivity index (χ2v) is 1.47. The molecular weight excluding hydrogens is 135 g/mol. The van der Waals surface area contributed by atoms with Gasteiger partial charge in [0.1, 0.15) is 0 Å². The molecule has 5 heavy (non-hydrogen) atoms. The molecule has 0 aromatic rings. The topological polar surface area (TPSA) is 34.1 Å². The van der Waals surface area contributed by atoms with E-state index >= 15 is 0 Å². The molecule has 0 bridgehead atoms. The van der Waals surface area contributed by atoms with E-state index in [1.807, 2.05) is 0 Å². The van der Waals surface area contributed by atoms with Crippen LogP contribution in [0.25, 0.3) is 0 Å². The first-order chi connectivity index (χ1) is 1.73. The SMILES string of the molecule is Cl.O=[SH](=O)Cl. The van der Waals surface area contributed by atoms with Crippen LogP contribution in [0.2, 0.25) is 0 Å². The Morgan fingerprint density at radius 2 is 1.40 bits per heavy atom. The maximum Gasteiger partial charge on any atom is 0.222 e. The Morgan fingerprint density at radius 3 is 1.40 bits per heavy atom. The van der Waals surface area contributed by atoms with Crippen molar-refractivity contribution < 1.29 is 8.42 Å². The van der Waals surface area contributed by atoms with E-state index in [4.69, 9.17) is 8.42 Å². The summed E-state index contributed by atoms with van der Waals surface area (Å²) in [5.74, 6) is 0. The van der Waals surface area contributed by atoms with Gasteiger partial charge in [-0.15, -0.1) is 12.4 Å². The van der Waals surface area contributed by atoms with Gasteiger partial charge in [0, 0.05) is 10.7 Å². The molecule has 0 spiro atoms. The standard InChI is InChI=1S/ClHO2S.ClH/c1-4(2)3;/h4H;1H. The molecule has 0 saturated carbocycles. The molecule has 0 aromatic carbocycles. The fourth-order valence-corrected chi connectivity index (χ4v) is 0. The zero-order valence-corrected chi connectivity index (χ0v) is 4.52. The molecule has 0 N–H and O–H groups in total. The van der Waals surface area contributed by atoms with Crippen molar-refractivity contribution in [3.8, 4) is 0 Å². The molecule has 0 saturated heterocycles. The summed E-state index contributed by atoms with van der Waals surface area (Å²) < 4.78 is 17.6. The van der Waals surface area contributed by atoms with E-state index in [9.17, 15) is 0 Å². The molecule has 0 rings (SSSR count). The molecule has 0 atom stereocenters. The van der Waals surface area contributed by atoms with Crippen LogP contribution in [0, 0.1) is 0 Å². The molecule has 0 heterocycles. The van der Waals surface area contributed by atoms with Crippen molar-refractivity contribution >= 4 is 33.0 Å². The Bertz CT molecular complexity index is 56.0. The van der Waals surface area contributed by atoms with E-state index in [1.165, 1.54) is 0 Å². The van der Waals surface area contributed by atoms with Gasteiger partial charge in [0.05, 0.1) is 0 Å². The molecule has 34 valence electrons. The first kappa shape index (κ1) is 9.11. The van der Waals surface area contributed by atoms with Gasteiger partial charge >= 0.3 is 0 Å². The van der Waals surface area contributed by atoms with Gasteiger partial charge in [0.25, 0.3) is 0 Å². The lowest BCUT2D eigenvalue weighted by Crippen LogP contribution is -1.41. The van der Waals surface area contributed by atoms with Crippen LogP contribution in [-0.2, 0) is 9.92 Å². The van der Waals surface area contributed by atoms with E-state index in [0.29, 0.717) is 0 Å². The van der Waals surface area contributed by atoms with Gasteiger partial charge in [-0.05, 0) is 0 Å². The first-order valence-electron chi connectivity index (χ1n) is 0.534. The third-order valence-electron chi connectivity index (χ3n) is 0. The summed E-state index contributed by atoms with van der Waals surface area (Å²) in [4.78, 5) is 0. The Balaban J connectivity index is 0. The minimum atomic E-state index is -2.65. The monoisotopic (exact) mass is 136 g/mol. The van der Waals surface area contributed by atoms with Gasteiger partial charge in [-0.2, -0.15) is 0 Å². The predicted octanol–water partition coefficient (Wildman–Crippen LogP) is 0.173. The molecule has 5 heteroatoms. The van der Waals surface area contributed by atoms with Crippen molar-refractivity contribution in [2.45, 2.75) is 0 Å². The summed E-state index contributed by atoms with van der Waals surface area (Å²) in [6, 6.07) is 0. The lowest BCUT2D eigenvalue weighted by molar-refractivity contribution is 0.626. The summed E-state index contributed by atoms with van der Waals surface area (Å²) in [5, 5.41) is 0. The highest BCUT2D eigenvalue weighted by Crippen LogP contribution is 1.61. The van der Waals surface area contributed by atoms with Gasteiger partial charge in [-0.1, -0.05) is 0 Å². The molecule has 0 amide bonds. The molecule has 0 aliphatic rings. The van der Waals surface area contributed by atoms with E-state index in [1.54, 1.807) is 0 Å². The van der Waals surface area contributed by atoms with Crippen LogP contribution in [0.15, 0.2) is 0 Å². The number of rotatable bonds is 0. The van der Waals surface area contributed by atoms with Gasteiger partial charge in [0.15, 0.2) is 0 Å². The molecule has 0 radical (unpaired) electrons. The average molecular weight is 137 g/mol.